The summed E-state index contributed by atoms with van der Waals surface area (Å²) in [6.45, 7) is 10.8. The number of rotatable bonds is 10. The molecule has 0 bridgehead atoms. The van der Waals surface area contributed by atoms with Gasteiger partial charge in [0.1, 0.15) is 11.8 Å². The number of hydrogen-bond donors (Lipinski definition) is 1. The Morgan fingerprint density at radius 1 is 1.03 bits per heavy atom. The van der Waals surface area contributed by atoms with Gasteiger partial charge < -0.3 is 15.0 Å². The Morgan fingerprint density at radius 2 is 1.77 bits per heavy atom. The van der Waals surface area contributed by atoms with E-state index in [1.54, 1.807) is 4.90 Å². The maximum Gasteiger partial charge on any atom is 0.261 e. The minimum atomic E-state index is -0.535. The van der Waals surface area contributed by atoms with Crippen LogP contribution >= 0.6 is 0 Å². The van der Waals surface area contributed by atoms with Crippen LogP contribution in [0.15, 0.2) is 42.5 Å². The molecule has 162 valence electrons. The molecule has 2 aromatic carbocycles. The number of carbonyl (C=O) groups excluding carboxylic acids is 2. The van der Waals surface area contributed by atoms with Crippen LogP contribution in [-0.4, -0.2) is 35.9 Å². The van der Waals surface area contributed by atoms with Crippen molar-refractivity contribution in [1.82, 2.24) is 10.2 Å². The highest BCUT2D eigenvalue weighted by Crippen LogP contribution is 2.20. The molecule has 0 unspecified atom stereocenters. The van der Waals surface area contributed by atoms with Crippen LogP contribution in [0.4, 0.5) is 0 Å². The van der Waals surface area contributed by atoms with Crippen molar-refractivity contribution >= 4 is 11.8 Å². The Balaban J connectivity index is 2.21. The van der Waals surface area contributed by atoms with E-state index in [0.29, 0.717) is 25.3 Å². The predicted octanol–water partition coefficient (Wildman–Crippen LogP) is 4.32. The summed E-state index contributed by atoms with van der Waals surface area (Å²) >= 11 is 0. The topological polar surface area (TPSA) is 58.6 Å². The van der Waals surface area contributed by atoms with E-state index in [1.807, 2.05) is 77.1 Å². The Kier molecular flexibility index (Phi) is 8.90. The Labute approximate surface area is 180 Å². The van der Waals surface area contributed by atoms with E-state index in [1.165, 1.54) is 0 Å². The van der Waals surface area contributed by atoms with Crippen LogP contribution in [0.1, 0.15) is 48.9 Å². The molecule has 5 nitrogen and oxygen atoms in total. The fraction of sp³-hybridized carbons (Fsp3) is 0.440. The molecule has 0 aliphatic carbocycles. The third kappa shape index (κ3) is 6.61. The van der Waals surface area contributed by atoms with Crippen molar-refractivity contribution in [2.45, 2.75) is 60.0 Å². The van der Waals surface area contributed by atoms with E-state index in [0.717, 1.165) is 28.7 Å². The van der Waals surface area contributed by atoms with Gasteiger partial charge in [-0.3, -0.25) is 9.59 Å². The summed E-state index contributed by atoms with van der Waals surface area (Å²) < 4.78 is 5.83. The van der Waals surface area contributed by atoms with Gasteiger partial charge in [0.05, 0.1) is 0 Å². The lowest BCUT2D eigenvalue weighted by atomic mass is 10.1. The molecular weight excluding hydrogens is 376 g/mol. The molecule has 0 saturated heterocycles. The monoisotopic (exact) mass is 410 g/mol. The zero-order valence-corrected chi connectivity index (χ0v) is 18.8. The minimum absolute atomic E-state index is 0.104. The third-order valence-corrected chi connectivity index (χ3v) is 5.05. The highest BCUT2D eigenvalue weighted by atomic mass is 16.5. The average molecular weight is 411 g/mol. The van der Waals surface area contributed by atoms with Crippen LogP contribution in [0.2, 0.25) is 0 Å². The molecular formula is C25H34N2O3. The Bertz CT molecular complexity index is 863. The van der Waals surface area contributed by atoms with Crippen molar-refractivity contribution in [2.24, 2.45) is 0 Å². The number of nitrogens with one attached hydrogen (secondary N) is 1. The van der Waals surface area contributed by atoms with Crippen LogP contribution in [0.3, 0.4) is 0 Å². The molecule has 2 aromatic rings. The number of carbonyl (C=O) groups is 2. The summed E-state index contributed by atoms with van der Waals surface area (Å²) in [4.78, 5) is 27.6. The molecule has 30 heavy (non-hydrogen) atoms. The number of nitrogens with zero attached hydrogens (tertiary/aromatic N) is 1. The zero-order chi connectivity index (χ0) is 22.1. The molecule has 0 saturated carbocycles. The van der Waals surface area contributed by atoms with E-state index in [2.05, 4.69) is 5.32 Å². The SMILES string of the molecule is CCCNC(=O)[C@H](CC)N(Cc1cccc(C)c1)C(=O)COc1ccc(C)cc1C. The minimum Gasteiger partial charge on any atom is -0.483 e. The molecule has 2 rings (SSSR count). The molecule has 0 aliphatic rings. The largest absolute Gasteiger partial charge is 0.483 e. The second-order valence-corrected chi connectivity index (χ2v) is 7.78. The van der Waals surface area contributed by atoms with E-state index < -0.39 is 6.04 Å². The predicted molar refractivity (Wildman–Crippen MR) is 121 cm³/mol. The maximum atomic E-state index is 13.2. The second kappa shape index (κ2) is 11.4. The number of ether oxygens (including phenoxy) is 1. The third-order valence-electron chi connectivity index (χ3n) is 5.05. The standard InChI is InChI=1S/C25H34N2O3/c1-6-13-26-25(29)22(7-2)27(16-21-10-8-9-18(3)15-21)24(28)17-30-23-12-11-19(4)14-20(23)5/h8-12,14-15,22H,6-7,13,16-17H2,1-5H3,(H,26,29)/t22-/m0/s1. The molecule has 1 N–H and O–H groups in total. The maximum absolute atomic E-state index is 13.2. The summed E-state index contributed by atoms with van der Waals surface area (Å²) in [7, 11) is 0. The zero-order valence-electron chi connectivity index (χ0n) is 18.8. The van der Waals surface area contributed by atoms with Gasteiger partial charge in [-0.2, -0.15) is 0 Å². The first kappa shape index (κ1) is 23.5. The van der Waals surface area contributed by atoms with Crippen LogP contribution in [0.5, 0.6) is 5.75 Å². The van der Waals surface area contributed by atoms with Crippen molar-refractivity contribution in [2.75, 3.05) is 13.2 Å². The fourth-order valence-electron chi connectivity index (χ4n) is 3.48. The van der Waals surface area contributed by atoms with Gasteiger partial charge in [-0.15, -0.1) is 0 Å². The van der Waals surface area contributed by atoms with Gasteiger partial charge in [-0.25, -0.2) is 0 Å². The summed E-state index contributed by atoms with van der Waals surface area (Å²) in [5.41, 5.74) is 4.25. The first-order chi connectivity index (χ1) is 14.3. The van der Waals surface area contributed by atoms with E-state index >= 15 is 0 Å². The van der Waals surface area contributed by atoms with Gasteiger partial charge in [0.15, 0.2) is 6.61 Å². The van der Waals surface area contributed by atoms with Gasteiger partial charge in [-0.05, 0) is 50.8 Å². The first-order valence-electron chi connectivity index (χ1n) is 10.7. The second-order valence-electron chi connectivity index (χ2n) is 7.78. The lowest BCUT2D eigenvalue weighted by Crippen LogP contribution is -2.50. The summed E-state index contributed by atoms with van der Waals surface area (Å²) in [5.74, 6) is 0.370. The number of benzene rings is 2. The van der Waals surface area contributed by atoms with Gasteiger partial charge >= 0.3 is 0 Å². The summed E-state index contributed by atoms with van der Waals surface area (Å²) in [6, 6.07) is 13.3. The highest BCUT2D eigenvalue weighted by molar-refractivity contribution is 5.88. The van der Waals surface area contributed by atoms with Crippen LogP contribution in [0.25, 0.3) is 0 Å². The lowest BCUT2D eigenvalue weighted by Gasteiger charge is -2.30. The molecule has 1 atom stereocenters. The molecule has 0 heterocycles. The average Bonchev–Trinajstić information content (AvgIpc) is 2.71. The van der Waals surface area contributed by atoms with Crippen LogP contribution in [-0.2, 0) is 16.1 Å². The quantitative estimate of drug-likeness (QED) is 0.634. The van der Waals surface area contributed by atoms with Gasteiger partial charge in [0, 0.05) is 13.1 Å². The molecule has 2 amide bonds. The summed E-state index contributed by atoms with van der Waals surface area (Å²) in [6.07, 6.45) is 1.39. The van der Waals surface area contributed by atoms with E-state index in [4.69, 9.17) is 4.74 Å². The number of hydrogen-bond acceptors (Lipinski definition) is 3. The van der Waals surface area contributed by atoms with Crippen LogP contribution < -0.4 is 10.1 Å². The summed E-state index contributed by atoms with van der Waals surface area (Å²) in [5, 5.41) is 2.93. The molecule has 0 aliphatic heterocycles. The fourth-order valence-corrected chi connectivity index (χ4v) is 3.48. The first-order valence-corrected chi connectivity index (χ1v) is 10.7. The molecule has 0 fully saturated rings. The van der Waals surface area contributed by atoms with Crippen LogP contribution in [0, 0.1) is 20.8 Å². The lowest BCUT2D eigenvalue weighted by molar-refractivity contribution is -0.143. The molecule has 0 spiro atoms. The molecule has 5 heteroatoms. The van der Waals surface area contributed by atoms with Gasteiger partial charge in [-0.1, -0.05) is 61.4 Å². The highest BCUT2D eigenvalue weighted by Gasteiger charge is 2.28. The van der Waals surface area contributed by atoms with Crippen molar-refractivity contribution in [1.29, 1.82) is 0 Å². The molecule has 0 aromatic heterocycles. The van der Waals surface area contributed by atoms with Crippen molar-refractivity contribution in [3.8, 4) is 5.75 Å². The van der Waals surface area contributed by atoms with Crippen molar-refractivity contribution < 1.29 is 14.3 Å². The van der Waals surface area contributed by atoms with E-state index in [9.17, 15) is 9.59 Å². The van der Waals surface area contributed by atoms with Crippen molar-refractivity contribution in [3.63, 3.8) is 0 Å². The van der Waals surface area contributed by atoms with Gasteiger partial charge in [0.2, 0.25) is 5.91 Å². The van der Waals surface area contributed by atoms with Gasteiger partial charge in [0.25, 0.3) is 5.91 Å². The Morgan fingerprint density at radius 3 is 2.40 bits per heavy atom. The Hall–Kier alpha value is -2.82. The van der Waals surface area contributed by atoms with E-state index in [-0.39, 0.29) is 18.4 Å². The number of amides is 2. The number of aryl methyl sites for hydroxylation is 3. The van der Waals surface area contributed by atoms with Crippen molar-refractivity contribution in [3.05, 3.63) is 64.7 Å². The smallest absolute Gasteiger partial charge is 0.261 e. The normalized spacial score (nSPS) is 11.6. The molecule has 0 radical (unpaired) electrons.